The summed E-state index contributed by atoms with van der Waals surface area (Å²) in [7, 11) is -3.70. The Hall–Kier alpha value is -1.19. The SMILES string of the molecule is CC1C(=O)NCCN1S(=O)(=O)N1CCC(C(=O)O)CC1. The second kappa shape index (κ2) is 5.66. The fraction of sp³-hybridized carbons (Fsp3) is 0.818. The zero-order valence-corrected chi connectivity index (χ0v) is 12.1. The highest BCUT2D eigenvalue weighted by Crippen LogP contribution is 2.23. The highest BCUT2D eigenvalue weighted by Gasteiger charge is 2.40. The molecule has 0 saturated carbocycles. The Kier molecular flexibility index (Phi) is 4.31. The van der Waals surface area contributed by atoms with E-state index in [2.05, 4.69) is 5.32 Å². The number of piperazine rings is 1. The van der Waals surface area contributed by atoms with Gasteiger partial charge in [0.05, 0.1) is 5.92 Å². The van der Waals surface area contributed by atoms with Gasteiger partial charge in [-0.2, -0.15) is 17.0 Å². The maximum absolute atomic E-state index is 12.5. The van der Waals surface area contributed by atoms with Crippen LogP contribution in [0.5, 0.6) is 0 Å². The Morgan fingerprint density at radius 2 is 1.90 bits per heavy atom. The number of aliphatic carboxylic acids is 1. The molecule has 1 amide bonds. The Balaban J connectivity index is 2.08. The number of carboxylic acids is 1. The first-order valence-corrected chi connectivity index (χ1v) is 8.01. The van der Waals surface area contributed by atoms with E-state index in [9.17, 15) is 18.0 Å². The number of amides is 1. The van der Waals surface area contributed by atoms with Crippen molar-refractivity contribution < 1.29 is 23.1 Å². The molecule has 0 spiro atoms. The fourth-order valence-corrected chi connectivity index (χ4v) is 4.34. The van der Waals surface area contributed by atoms with Crippen molar-refractivity contribution in [3.63, 3.8) is 0 Å². The van der Waals surface area contributed by atoms with Crippen molar-refractivity contribution in [3.05, 3.63) is 0 Å². The predicted octanol–water partition coefficient (Wildman–Crippen LogP) is -1.15. The van der Waals surface area contributed by atoms with Crippen molar-refractivity contribution in [2.45, 2.75) is 25.8 Å². The molecule has 2 rings (SSSR count). The largest absolute Gasteiger partial charge is 0.481 e. The summed E-state index contributed by atoms with van der Waals surface area (Å²) in [6.45, 7) is 2.46. The Labute approximate surface area is 117 Å². The van der Waals surface area contributed by atoms with E-state index < -0.39 is 28.1 Å². The minimum Gasteiger partial charge on any atom is -0.481 e. The molecule has 2 saturated heterocycles. The van der Waals surface area contributed by atoms with Gasteiger partial charge in [-0.3, -0.25) is 9.59 Å². The molecule has 1 unspecified atom stereocenters. The summed E-state index contributed by atoms with van der Waals surface area (Å²) in [6.07, 6.45) is 0.617. The smallest absolute Gasteiger partial charge is 0.306 e. The van der Waals surface area contributed by atoms with Crippen LogP contribution in [-0.2, 0) is 19.8 Å². The van der Waals surface area contributed by atoms with Crippen LogP contribution in [-0.4, -0.2) is 66.2 Å². The first kappa shape index (κ1) is 15.2. The molecule has 0 aromatic carbocycles. The molecule has 2 aliphatic heterocycles. The van der Waals surface area contributed by atoms with Crippen molar-refractivity contribution in [2.24, 2.45) is 5.92 Å². The maximum atomic E-state index is 12.5. The number of carbonyl (C=O) groups excluding carboxylic acids is 1. The number of hydrogen-bond acceptors (Lipinski definition) is 4. The molecule has 8 nitrogen and oxygen atoms in total. The third-order valence-electron chi connectivity index (χ3n) is 3.87. The van der Waals surface area contributed by atoms with E-state index >= 15 is 0 Å². The van der Waals surface area contributed by atoms with E-state index in [1.807, 2.05) is 0 Å². The van der Waals surface area contributed by atoms with E-state index in [-0.39, 0.29) is 25.5 Å². The molecule has 0 aliphatic carbocycles. The van der Waals surface area contributed by atoms with Crippen LogP contribution in [0.3, 0.4) is 0 Å². The number of carbonyl (C=O) groups is 2. The normalized spacial score (nSPS) is 27.2. The molecule has 20 heavy (non-hydrogen) atoms. The lowest BCUT2D eigenvalue weighted by Gasteiger charge is -2.37. The van der Waals surface area contributed by atoms with Gasteiger partial charge in [-0.15, -0.1) is 0 Å². The van der Waals surface area contributed by atoms with Gasteiger partial charge in [-0.05, 0) is 19.8 Å². The summed E-state index contributed by atoms with van der Waals surface area (Å²) in [6, 6.07) is -0.731. The molecule has 2 fully saturated rings. The minimum atomic E-state index is -3.70. The molecular weight excluding hydrogens is 286 g/mol. The average Bonchev–Trinajstić information content (AvgIpc) is 2.41. The van der Waals surface area contributed by atoms with Crippen molar-refractivity contribution in [1.29, 1.82) is 0 Å². The van der Waals surface area contributed by atoms with Gasteiger partial charge in [0.15, 0.2) is 0 Å². The Morgan fingerprint density at radius 1 is 1.30 bits per heavy atom. The average molecular weight is 305 g/mol. The number of rotatable bonds is 3. The lowest BCUT2D eigenvalue weighted by Crippen LogP contribution is -2.59. The molecule has 114 valence electrons. The molecule has 2 aliphatic rings. The topological polar surface area (TPSA) is 107 Å². The Morgan fingerprint density at radius 3 is 2.45 bits per heavy atom. The van der Waals surface area contributed by atoms with Crippen LogP contribution >= 0.6 is 0 Å². The summed E-state index contributed by atoms with van der Waals surface area (Å²) in [5.41, 5.74) is 0. The first-order chi connectivity index (χ1) is 9.34. The summed E-state index contributed by atoms with van der Waals surface area (Å²) in [5, 5.41) is 11.5. The molecule has 0 bridgehead atoms. The van der Waals surface area contributed by atoms with Gasteiger partial charge >= 0.3 is 5.97 Å². The zero-order valence-electron chi connectivity index (χ0n) is 11.3. The third-order valence-corrected chi connectivity index (χ3v) is 5.98. The van der Waals surface area contributed by atoms with E-state index in [1.165, 1.54) is 8.61 Å². The van der Waals surface area contributed by atoms with Crippen molar-refractivity contribution in [2.75, 3.05) is 26.2 Å². The highest BCUT2D eigenvalue weighted by molar-refractivity contribution is 7.86. The van der Waals surface area contributed by atoms with E-state index in [4.69, 9.17) is 5.11 Å². The van der Waals surface area contributed by atoms with Gasteiger partial charge in [0, 0.05) is 26.2 Å². The van der Waals surface area contributed by atoms with Crippen LogP contribution in [0.1, 0.15) is 19.8 Å². The maximum Gasteiger partial charge on any atom is 0.306 e. The van der Waals surface area contributed by atoms with E-state index in [0.29, 0.717) is 19.4 Å². The fourth-order valence-electron chi connectivity index (χ4n) is 2.56. The lowest BCUT2D eigenvalue weighted by molar-refractivity contribution is -0.142. The zero-order chi connectivity index (χ0) is 14.9. The van der Waals surface area contributed by atoms with Crippen LogP contribution in [0.4, 0.5) is 0 Å². The summed E-state index contributed by atoms with van der Waals surface area (Å²) in [4.78, 5) is 22.4. The van der Waals surface area contributed by atoms with Crippen LogP contribution < -0.4 is 5.32 Å². The lowest BCUT2D eigenvalue weighted by atomic mass is 9.99. The second-order valence-electron chi connectivity index (χ2n) is 5.10. The van der Waals surface area contributed by atoms with Gasteiger partial charge < -0.3 is 10.4 Å². The summed E-state index contributed by atoms with van der Waals surface area (Å²) >= 11 is 0. The van der Waals surface area contributed by atoms with Gasteiger partial charge in [0.2, 0.25) is 5.91 Å². The molecule has 2 N–H and O–H groups in total. The Bertz CT molecular complexity index is 498. The standard InChI is InChI=1S/C11H19N3O5S/c1-8-10(15)12-4-7-14(8)20(18,19)13-5-2-9(3-6-13)11(16)17/h8-9H,2-7H2,1H3,(H,12,15)(H,16,17). The van der Waals surface area contributed by atoms with E-state index in [1.54, 1.807) is 6.92 Å². The molecule has 2 heterocycles. The highest BCUT2D eigenvalue weighted by atomic mass is 32.2. The van der Waals surface area contributed by atoms with Gasteiger partial charge in [0.1, 0.15) is 6.04 Å². The molecule has 0 aromatic heterocycles. The van der Waals surface area contributed by atoms with Crippen LogP contribution in [0.25, 0.3) is 0 Å². The molecule has 1 atom stereocenters. The number of nitrogens with zero attached hydrogens (tertiary/aromatic N) is 2. The van der Waals surface area contributed by atoms with Crippen LogP contribution in [0.15, 0.2) is 0 Å². The number of nitrogens with one attached hydrogen (secondary N) is 1. The van der Waals surface area contributed by atoms with Crippen molar-refractivity contribution in [3.8, 4) is 0 Å². The van der Waals surface area contributed by atoms with Crippen molar-refractivity contribution >= 4 is 22.1 Å². The van der Waals surface area contributed by atoms with Gasteiger partial charge in [-0.1, -0.05) is 0 Å². The van der Waals surface area contributed by atoms with Crippen molar-refractivity contribution in [1.82, 2.24) is 13.9 Å². The number of carboxylic acid groups (broad SMARTS) is 1. The quantitative estimate of drug-likeness (QED) is 0.684. The predicted molar refractivity (Wildman–Crippen MR) is 70.0 cm³/mol. The third kappa shape index (κ3) is 2.79. The number of hydrogen-bond donors (Lipinski definition) is 2. The molecule has 0 aromatic rings. The van der Waals surface area contributed by atoms with Crippen LogP contribution in [0.2, 0.25) is 0 Å². The van der Waals surface area contributed by atoms with E-state index in [0.717, 1.165) is 0 Å². The first-order valence-electron chi connectivity index (χ1n) is 6.61. The molecular formula is C11H19N3O5S. The summed E-state index contributed by atoms with van der Waals surface area (Å²) in [5.74, 6) is -1.67. The van der Waals surface area contributed by atoms with Gasteiger partial charge in [-0.25, -0.2) is 0 Å². The monoisotopic (exact) mass is 305 g/mol. The minimum absolute atomic E-state index is 0.185. The number of piperidine rings is 1. The van der Waals surface area contributed by atoms with Crippen LogP contribution in [0, 0.1) is 5.92 Å². The second-order valence-corrected chi connectivity index (χ2v) is 6.98. The molecule has 9 heteroatoms. The molecule has 0 radical (unpaired) electrons. The van der Waals surface area contributed by atoms with Gasteiger partial charge in [0.25, 0.3) is 10.2 Å². The summed E-state index contributed by atoms with van der Waals surface area (Å²) < 4.78 is 27.5.